The molecule has 2 N–H and O–H groups in total. The molecule has 5 heteroatoms. The highest BCUT2D eigenvalue weighted by Crippen LogP contribution is 2.27. The molecule has 18 heavy (non-hydrogen) atoms. The molecule has 0 atom stereocenters. The van der Waals surface area contributed by atoms with E-state index in [0.717, 1.165) is 27.1 Å². The van der Waals surface area contributed by atoms with Gasteiger partial charge in [-0.15, -0.1) is 0 Å². The van der Waals surface area contributed by atoms with Gasteiger partial charge in [0.05, 0.1) is 5.69 Å². The number of nitrogens with zero attached hydrogens (tertiary/aromatic N) is 3. The number of anilines is 1. The second kappa shape index (κ2) is 4.10. The topological polar surface area (TPSA) is 56.2 Å². The molecule has 0 aliphatic rings. The van der Waals surface area contributed by atoms with Crippen molar-refractivity contribution in [3.8, 4) is 11.4 Å². The Balaban J connectivity index is 2.33. The maximum absolute atomic E-state index is 6.15. The van der Waals surface area contributed by atoms with Crippen LogP contribution in [0.3, 0.4) is 0 Å². The van der Waals surface area contributed by atoms with Crippen molar-refractivity contribution in [1.29, 1.82) is 0 Å². The van der Waals surface area contributed by atoms with E-state index < -0.39 is 0 Å². The van der Waals surface area contributed by atoms with Crippen LogP contribution < -0.4 is 5.73 Å². The molecule has 0 aromatic carbocycles. The number of nitrogen functional groups attached to an aromatic ring is 1. The van der Waals surface area contributed by atoms with Crippen LogP contribution in [0.2, 0.25) is 0 Å². The van der Waals surface area contributed by atoms with Crippen molar-refractivity contribution in [2.45, 2.75) is 6.92 Å². The second-order valence-corrected chi connectivity index (χ2v) is 5.01. The Labute approximate surface area is 113 Å². The van der Waals surface area contributed by atoms with Gasteiger partial charge in [-0.25, -0.2) is 4.98 Å². The Morgan fingerprint density at radius 1 is 1.33 bits per heavy atom. The molecule has 3 rings (SSSR count). The monoisotopic (exact) mass is 302 g/mol. The molecule has 0 fully saturated rings. The fourth-order valence-electron chi connectivity index (χ4n) is 1.98. The largest absolute Gasteiger partial charge is 0.383 e. The summed E-state index contributed by atoms with van der Waals surface area (Å²) in [5.41, 5.74) is 9.58. The van der Waals surface area contributed by atoms with Crippen LogP contribution >= 0.6 is 15.9 Å². The molecule has 0 amide bonds. The Morgan fingerprint density at radius 3 is 2.89 bits per heavy atom. The van der Waals surface area contributed by atoms with Gasteiger partial charge in [-0.1, -0.05) is 6.07 Å². The number of hydrogen-bond donors (Lipinski definition) is 1. The molecule has 90 valence electrons. The molecule has 0 bridgehead atoms. The third-order valence-corrected chi connectivity index (χ3v) is 3.25. The normalized spacial score (nSPS) is 11.0. The average molecular weight is 303 g/mol. The van der Waals surface area contributed by atoms with E-state index in [2.05, 4.69) is 25.9 Å². The fraction of sp³-hybridized carbons (Fsp3) is 0.0769. The van der Waals surface area contributed by atoms with Crippen LogP contribution in [-0.4, -0.2) is 14.4 Å². The van der Waals surface area contributed by atoms with E-state index in [1.54, 1.807) is 6.20 Å². The lowest BCUT2D eigenvalue weighted by atomic mass is 10.3. The molecule has 0 spiro atoms. The van der Waals surface area contributed by atoms with Crippen LogP contribution in [0, 0.1) is 6.92 Å². The standard InChI is InChI=1S/C13H11BrN4/c1-8-6-9(14)7-18-12(15)11(17-13(8)18)10-4-2-3-5-16-10/h2-7H,15H2,1H3. The molecule has 3 heterocycles. The van der Waals surface area contributed by atoms with Crippen molar-refractivity contribution in [3.05, 3.63) is 46.7 Å². The maximum Gasteiger partial charge on any atom is 0.142 e. The number of fused-ring (bicyclic) bond motifs is 1. The molecule has 4 nitrogen and oxygen atoms in total. The smallest absolute Gasteiger partial charge is 0.142 e. The SMILES string of the molecule is Cc1cc(Br)cn2c(N)c(-c3ccccn3)nc12. The lowest BCUT2D eigenvalue weighted by Crippen LogP contribution is -1.95. The first-order valence-electron chi connectivity index (χ1n) is 5.52. The van der Waals surface area contributed by atoms with E-state index in [9.17, 15) is 0 Å². The van der Waals surface area contributed by atoms with E-state index in [1.165, 1.54) is 0 Å². The summed E-state index contributed by atoms with van der Waals surface area (Å²) in [5.74, 6) is 0.605. The minimum absolute atomic E-state index is 0.605. The van der Waals surface area contributed by atoms with E-state index in [-0.39, 0.29) is 0 Å². The summed E-state index contributed by atoms with van der Waals surface area (Å²) in [6, 6.07) is 7.72. The zero-order valence-electron chi connectivity index (χ0n) is 9.76. The number of nitrogens with two attached hydrogens (primary N) is 1. The van der Waals surface area contributed by atoms with E-state index in [4.69, 9.17) is 5.73 Å². The summed E-state index contributed by atoms with van der Waals surface area (Å²) >= 11 is 3.46. The van der Waals surface area contributed by atoms with Crippen LogP contribution in [0.15, 0.2) is 41.1 Å². The zero-order chi connectivity index (χ0) is 12.7. The molecule has 0 aliphatic carbocycles. The summed E-state index contributed by atoms with van der Waals surface area (Å²) in [7, 11) is 0. The molecular formula is C13H11BrN4. The van der Waals surface area contributed by atoms with Crippen molar-refractivity contribution in [2.75, 3.05) is 5.73 Å². The van der Waals surface area contributed by atoms with Gasteiger partial charge in [-0.3, -0.25) is 9.38 Å². The number of aryl methyl sites for hydroxylation is 1. The van der Waals surface area contributed by atoms with Gasteiger partial charge < -0.3 is 5.73 Å². The third-order valence-electron chi connectivity index (χ3n) is 2.82. The number of rotatable bonds is 1. The molecule has 3 aromatic heterocycles. The molecule has 0 aliphatic heterocycles. The Hall–Kier alpha value is -1.88. The first kappa shape index (κ1) is 11.2. The Morgan fingerprint density at radius 2 is 2.17 bits per heavy atom. The quantitative estimate of drug-likeness (QED) is 0.751. The highest BCUT2D eigenvalue weighted by atomic mass is 79.9. The van der Waals surface area contributed by atoms with Gasteiger partial charge in [0.15, 0.2) is 0 Å². The second-order valence-electron chi connectivity index (χ2n) is 4.10. The van der Waals surface area contributed by atoms with Crippen molar-refractivity contribution >= 4 is 27.4 Å². The first-order chi connectivity index (χ1) is 8.66. The van der Waals surface area contributed by atoms with Crippen molar-refractivity contribution in [2.24, 2.45) is 0 Å². The molecular weight excluding hydrogens is 292 g/mol. The minimum Gasteiger partial charge on any atom is -0.383 e. The van der Waals surface area contributed by atoms with Crippen LogP contribution in [0.25, 0.3) is 17.0 Å². The van der Waals surface area contributed by atoms with Crippen molar-refractivity contribution < 1.29 is 0 Å². The molecule has 0 radical (unpaired) electrons. The number of pyridine rings is 2. The van der Waals surface area contributed by atoms with Gasteiger partial charge >= 0.3 is 0 Å². The van der Waals surface area contributed by atoms with Gasteiger partial charge in [0.25, 0.3) is 0 Å². The Kier molecular flexibility index (Phi) is 2.56. The summed E-state index contributed by atoms with van der Waals surface area (Å²) < 4.78 is 2.85. The van der Waals surface area contributed by atoms with Crippen LogP contribution in [0.1, 0.15) is 5.56 Å². The van der Waals surface area contributed by atoms with Crippen LogP contribution in [-0.2, 0) is 0 Å². The molecule has 0 unspecified atom stereocenters. The molecule has 3 aromatic rings. The van der Waals surface area contributed by atoms with Gasteiger partial charge in [0.2, 0.25) is 0 Å². The maximum atomic E-state index is 6.15. The van der Waals surface area contributed by atoms with E-state index >= 15 is 0 Å². The molecule has 0 saturated carbocycles. The minimum atomic E-state index is 0.605. The van der Waals surface area contributed by atoms with Gasteiger partial charge in [0, 0.05) is 16.9 Å². The van der Waals surface area contributed by atoms with Crippen molar-refractivity contribution in [1.82, 2.24) is 14.4 Å². The summed E-state index contributed by atoms with van der Waals surface area (Å²) in [5, 5.41) is 0. The predicted molar refractivity (Wildman–Crippen MR) is 75.3 cm³/mol. The van der Waals surface area contributed by atoms with Gasteiger partial charge in [-0.05, 0) is 46.6 Å². The summed E-state index contributed by atoms with van der Waals surface area (Å²) in [4.78, 5) is 8.87. The third kappa shape index (κ3) is 1.67. The first-order valence-corrected chi connectivity index (χ1v) is 6.31. The fourth-order valence-corrected chi connectivity index (χ4v) is 2.53. The highest BCUT2D eigenvalue weighted by molar-refractivity contribution is 9.10. The van der Waals surface area contributed by atoms with Crippen LogP contribution in [0.5, 0.6) is 0 Å². The lowest BCUT2D eigenvalue weighted by Gasteiger charge is -2.00. The lowest BCUT2D eigenvalue weighted by molar-refractivity contribution is 1.16. The number of aromatic nitrogens is 3. The summed E-state index contributed by atoms with van der Waals surface area (Å²) in [6.45, 7) is 2.01. The summed E-state index contributed by atoms with van der Waals surface area (Å²) in [6.07, 6.45) is 3.65. The zero-order valence-corrected chi connectivity index (χ0v) is 11.3. The highest BCUT2D eigenvalue weighted by Gasteiger charge is 2.13. The van der Waals surface area contributed by atoms with Crippen molar-refractivity contribution in [3.63, 3.8) is 0 Å². The number of hydrogen-bond acceptors (Lipinski definition) is 3. The van der Waals surface area contributed by atoms with E-state index in [0.29, 0.717) is 5.82 Å². The van der Waals surface area contributed by atoms with Gasteiger partial charge in [0.1, 0.15) is 17.2 Å². The van der Waals surface area contributed by atoms with Gasteiger partial charge in [-0.2, -0.15) is 0 Å². The Bertz CT molecular complexity index is 719. The van der Waals surface area contributed by atoms with Crippen LogP contribution in [0.4, 0.5) is 5.82 Å². The van der Waals surface area contributed by atoms with E-state index in [1.807, 2.05) is 41.8 Å². The number of imidazole rings is 1. The average Bonchev–Trinajstić information content (AvgIpc) is 2.69. The number of halogens is 1. The predicted octanol–water partition coefficient (Wildman–Crippen LogP) is 3.05. The molecule has 0 saturated heterocycles.